The Bertz CT molecular complexity index is 199. The molecule has 0 unspecified atom stereocenters. The molecule has 0 amide bonds. The van der Waals surface area contributed by atoms with E-state index < -0.39 is 6.04 Å². The van der Waals surface area contributed by atoms with Crippen molar-refractivity contribution in [2.45, 2.75) is 57.7 Å². The topological polar surface area (TPSA) is 64.3 Å². The first-order valence-corrected chi connectivity index (χ1v) is 5.83. The van der Waals surface area contributed by atoms with Crippen LogP contribution in [0.2, 0.25) is 0 Å². The molecule has 1 saturated carbocycles. The fraction of sp³-hybridized carbons (Fsp3) is 0.909. The maximum Gasteiger partial charge on any atom is 0.322 e. The van der Waals surface area contributed by atoms with Crippen molar-refractivity contribution < 1.29 is 9.53 Å². The van der Waals surface area contributed by atoms with Crippen molar-refractivity contribution in [2.24, 2.45) is 5.73 Å². The highest BCUT2D eigenvalue weighted by atomic mass is 16.5. The lowest BCUT2D eigenvalue weighted by molar-refractivity contribution is -0.151. The molecule has 0 aromatic carbocycles. The van der Waals surface area contributed by atoms with Crippen LogP contribution in [0.5, 0.6) is 0 Å². The van der Waals surface area contributed by atoms with Gasteiger partial charge in [-0.2, -0.15) is 0 Å². The van der Waals surface area contributed by atoms with E-state index in [1.807, 2.05) is 0 Å². The van der Waals surface area contributed by atoms with Crippen LogP contribution in [0.3, 0.4) is 0 Å². The molecule has 1 atom stereocenters. The summed E-state index contributed by atoms with van der Waals surface area (Å²) in [5.41, 5.74) is 5.44. The largest absolute Gasteiger partial charge is 0.461 e. The van der Waals surface area contributed by atoms with E-state index in [2.05, 4.69) is 12.2 Å². The van der Waals surface area contributed by atoms with Gasteiger partial charge in [-0.15, -0.1) is 0 Å². The summed E-state index contributed by atoms with van der Waals surface area (Å²) < 4.78 is 5.29. The van der Waals surface area contributed by atoms with Gasteiger partial charge in [-0.25, -0.2) is 0 Å². The van der Waals surface area contributed by atoms with E-state index in [9.17, 15) is 4.79 Å². The van der Waals surface area contributed by atoms with Crippen LogP contribution >= 0.6 is 0 Å². The third-order valence-corrected chi connectivity index (χ3v) is 2.82. The van der Waals surface area contributed by atoms with E-state index in [1.54, 1.807) is 6.92 Å². The van der Waals surface area contributed by atoms with Crippen LogP contribution < -0.4 is 11.1 Å². The second-order valence-electron chi connectivity index (χ2n) is 4.26. The predicted octanol–water partition coefficient (Wildman–Crippen LogP) is 0.797. The third-order valence-electron chi connectivity index (χ3n) is 2.82. The SMILES string of the molecule is CCNC1CCC(OC(=O)[C@@H](C)N)CC1. The summed E-state index contributed by atoms with van der Waals surface area (Å²) in [6.07, 6.45) is 4.17. The van der Waals surface area contributed by atoms with E-state index in [0.29, 0.717) is 6.04 Å². The quantitative estimate of drug-likeness (QED) is 0.679. The van der Waals surface area contributed by atoms with Crippen LogP contribution in [0.1, 0.15) is 39.5 Å². The predicted molar refractivity (Wildman–Crippen MR) is 59.5 cm³/mol. The molecule has 1 aliphatic carbocycles. The van der Waals surface area contributed by atoms with Crippen LogP contribution in [0, 0.1) is 0 Å². The highest BCUT2D eigenvalue weighted by Crippen LogP contribution is 2.21. The highest BCUT2D eigenvalue weighted by molar-refractivity contribution is 5.75. The van der Waals surface area contributed by atoms with Gasteiger partial charge < -0.3 is 15.8 Å². The molecule has 0 aliphatic heterocycles. The Labute approximate surface area is 91.5 Å². The molecule has 1 fully saturated rings. The Morgan fingerprint density at radius 2 is 2.07 bits per heavy atom. The Morgan fingerprint density at radius 1 is 1.47 bits per heavy atom. The van der Waals surface area contributed by atoms with Crippen LogP contribution in [0.4, 0.5) is 0 Å². The number of esters is 1. The third kappa shape index (κ3) is 4.18. The summed E-state index contributed by atoms with van der Waals surface area (Å²) in [6.45, 7) is 4.78. The van der Waals surface area contributed by atoms with Crippen molar-refractivity contribution >= 4 is 5.97 Å². The zero-order valence-corrected chi connectivity index (χ0v) is 9.66. The van der Waals surface area contributed by atoms with Gasteiger partial charge in [0.25, 0.3) is 0 Å². The Morgan fingerprint density at radius 3 is 2.53 bits per heavy atom. The second kappa shape index (κ2) is 6.08. The molecular weight excluding hydrogens is 192 g/mol. The fourth-order valence-electron chi connectivity index (χ4n) is 1.95. The summed E-state index contributed by atoms with van der Waals surface area (Å²) in [5, 5.41) is 3.42. The first-order valence-electron chi connectivity index (χ1n) is 5.83. The van der Waals surface area contributed by atoms with E-state index >= 15 is 0 Å². The average molecular weight is 214 g/mol. The molecule has 4 nitrogen and oxygen atoms in total. The molecule has 3 N–H and O–H groups in total. The molecule has 0 bridgehead atoms. The van der Waals surface area contributed by atoms with Crippen molar-refractivity contribution in [3.63, 3.8) is 0 Å². The van der Waals surface area contributed by atoms with E-state index in [4.69, 9.17) is 10.5 Å². The molecule has 4 heteroatoms. The van der Waals surface area contributed by atoms with E-state index in [0.717, 1.165) is 32.2 Å². The molecule has 0 radical (unpaired) electrons. The summed E-state index contributed by atoms with van der Waals surface area (Å²) in [7, 11) is 0. The van der Waals surface area contributed by atoms with Gasteiger partial charge in [0.15, 0.2) is 0 Å². The summed E-state index contributed by atoms with van der Waals surface area (Å²) in [5.74, 6) is -0.276. The molecular formula is C11H22N2O2. The average Bonchev–Trinajstić information content (AvgIpc) is 2.21. The lowest BCUT2D eigenvalue weighted by Gasteiger charge is -2.29. The number of ether oxygens (including phenoxy) is 1. The van der Waals surface area contributed by atoms with Gasteiger partial charge in [0.1, 0.15) is 12.1 Å². The second-order valence-corrected chi connectivity index (χ2v) is 4.26. The van der Waals surface area contributed by atoms with E-state index in [1.165, 1.54) is 0 Å². The minimum absolute atomic E-state index is 0.0819. The summed E-state index contributed by atoms with van der Waals surface area (Å²) in [6, 6.07) is 0.0942. The molecule has 0 saturated heterocycles. The van der Waals surface area contributed by atoms with Crippen LogP contribution in [-0.4, -0.2) is 30.7 Å². The Balaban J connectivity index is 2.22. The van der Waals surface area contributed by atoms with E-state index in [-0.39, 0.29) is 12.1 Å². The van der Waals surface area contributed by atoms with Gasteiger partial charge in [-0.1, -0.05) is 6.92 Å². The molecule has 0 aromatic heterocycles. The molecule has 1 aliphatic rings. The zero-order valence-electron chi connectivity index (χ0n) is 9.66. The number of carbonyl (C=O) groups is 1. The molecule has 0 heterocycles. The first-order chi connectivity index (χ1) is 7.13. The van der Waals surface area contributed by atoms with Crippen LogP contribution in [0.15, 0.2) is 0 Å². The van der Waals surface area contributed by atoms with Gasteiger partial charge in [-0.3, -0.25) is 4.79 Å². The van der Waals surface area contributed by atoms with Gasteiger partial charge in [0, 0.05) is 6.04 Å². The summed E-state index contributed by atoms with van der Waals surface area (Å²) in [4.78, 5) is 11.3. The number of nitrogens with two attached hydrogens (primary N) is 1. The van der Waals surface area contributed by atoms with Gasteiger partial charge in [0.05, 0.1) is 0 Å². The minimum atomic E-state index is -0.503. The van der Waals surface area contributed by atoms with Crippen molar-refractivity contribution in [1.82, 2.24) is 5.32 Å². The summed E-state index contributed by atoms with van der Waals surface area (Å²) >= 11 is 0. The van der Waals surface area contributed by atoms with Crippen molar-refractivity contribution in [3.8, 4) is 0 Å². The Kier molecular flexibility index (Phi) is 5.05. The lowest BCUT2D eigenvalue weighted by Crippen LogP contribution is -2.38. The highest BCUT2D eigenvalue weighted by Gasteiger charge is 2.24. The zero-order chi connectivity index (χ0) is 11.3. The molecule has 0 spiro atoms. The maximum absolute atomic E-state index is 11.3. The van der Waals surface area contributed by atoms with Gasteiger partial charge in [-0.05, 0) is 39.2 Å². The number of carbonyl (C=O) groups excluding carboxylic acids is 1. The van der Waals surface area contributed by atoms with Gasteiger partial charge >= 0.3 is 5.97 Å². The number of rotatable bonds is 4. The van der Waals surface area contributed by atoms with Crippen LogP contribution in [-0.2, 0) is 9.53 Å². The molecule has 0 aromatic rings. The van der Waals surface area contributed by atoms with Crippen molar-refractivity contribution in [2.75, 3.05) is 6.54 Å². The monoisotopic (exact) mass is 214 g/mol. The van der Waals surface area contributed by atoms with Crippen molar-refractivity contribution in [3.05, 3.63) is 0 Å². The standard InChI is InChI=1S/C11H22N2O2/c1-3-13-9-4-6-10(7-5-9)15-11(14)8(2)12/h8-10,13H,3-7,12H2,1-2H3/t8-,9?,10?/m1/s1. The minimum Gasteiger partial charge on any atom is -0.461 e. The number of hydrogen-bond donors (Lipinski definition) is 2. The number of nitrogens with one attached hydrogen (secondary N) is 1. The van der Waals surface area contributed by atoms with Crippen molar-refractivity contribution in [1.29, 1.82) is 0 Å². The first kappa shape index (κ1) is 12.5. The number of hydrogen-bond acceptors (Lipinski definition) is 4. The van der Waals surface area contributed by atoms with Gasteiger partial charge in [0.2, 0.25) is 0 Å². The van der Waals surface area contributed by atoms with Crippen LogP contribution in [0.25, 0.3) is 0 Å². The normalized spacial score (nSPS) is 28.5. The lowest BCUT2D eigenvalue weighted by atomic mass is 9.93. The Hall–Kier alpha value is -0.610. The molecule has 15 heavy (non-hydrogen) atoms. The smallest absolute Gasteiger partial charge is 0.322 e. The maximum atomic E-state index is 11.3. The fourth-order valence-corrected chi connectivity index (χ4v) is 1.95. The molecule has 88 valence electrons. The molecule has 1 rings (SSSR count).